The van der Waals surface area contributed by atoms with Gasteiger partial charge in [-0.15, -0.1) is 0 Å². The number of alkyl halides is 3. The molecule has 1 amide bonds. The summed E-state index contributed by atoms with van der Waals surface area (Å²) in [5, 5.41) is 7.96. The maximum Gasteiger partial charge on any atom is 0.418 e. The molecule has 1 unspecified atom stereocenters. The Labute approximate surface area is 181 Å². The summed E-state index contributed by atoms with van der Waals surface area (Å²) in [5.41, 5.74) is -0.536. The number of carbonyl (C=O) groups excluding carboxylic acids is 1. The number of benzene rings is 2. The van der Waals surface area contributed by atoms with Crippen LogP contribution in [0.25, 0.3) is 5.57 Å². The standard InChI is InChI=1S/C22H21F4N3O3/c1-21(2)31-11-13(32-21)9-28-17-7-6-12(8-15(17)22(24,25)26)27-10-14-19-16(23)4-3-5-18(19)29-20(14)30/h3-8,10,13,27-28H,9,11H2,1-2H3,(H,29,30). The summed E-state index contributed by atoms with van der Waals surface area (Å²) in [6.45, 7) is 3.88. The first-order chi connectivity index (χ1) is 15.0. The molecule has 1 saturated heterocycles. The van der Waals surface area contributed by atoms with Crippen LogP contribution in [0.2, 0.25) is 0 Å². The fourth-order valence-corrected chi connectivity index (χ4v) is 3.61. The molecule has 2 aliphatic rings. The molecule has 1 fully saturated rings. The molecule has 0 radical (unpaired) electrons. The van der Waals surface area contributed by atoms with Gasteiger partial charge in [-0.1, -0.05) is 6.07 Å². The highest BCUT2D eigenvalue weighted by Crippen LogP contribution is 2.38. The number of ether oxygens (including phenoxy) is 2. The van der Waals surface area contributed by atoms with Crippen LogP contribution in [0.3, 0.4) is 0 Å². The molecule has 4 rings (SSSR count). The van der Waals surface area contributed by atoms with Gasteiger partial charge < -0.3 is 25.4 Å². The normalized spacial score (nSPS) is 20.9. The Kier molecular flexibility index (Phi) is 5.59. The number of nitrogens with one attached hydrogen (secondary N) is 3. The summed E-state index contributed by atoms with van der Waals surface area (Å²) in [7, 11) is 0. The Bertz CT molecular complexity index is 1080. The SMILES string of the molecule is CC1(C)OCC(CNc2ccc(NC=C3C(=O)Nc4cccc(F)c43)cc2C(F)(F)F)O1. The van der Waals surface area contributed by atoms with E-state index in [1.54, 1.807) is 19.9 Å². The lowest BCUT2D eigenvalue weighted by Crippen LogP contribution is -2.26. The van der Waals surface area contributed by atoms with Gasteiger partial charge in [0.05, 0.1) is 23.4 Å². The summed E-state index contributed by atoms with van der Waals surface area (Å²) in [6.07, 6.45) is -3.81. The Morgan fingerprint density at radius 1 is 1.25 bits per heavy atom. The van der Waals surface area contributed by atoms with E-state index in [-0.39, 0.29) is 41.8 Å². The molecule has 2 heterocycles. The molecule has 170 valence electrons. The smallest absolute Gasteiger partial charge is 0.382 e. The van der Waals surface area contributed by atoms with Gasteiger partial charge in [0, 0.05) is 29.7 Å². The van der Waals surface area contributed by atoms with Crippen molar-refractivity contribution in [1.82, 2.24) is 0 Å². The van der Waals surface area contributed by atoms with Crippen LogP contribution >= 0.6 is 0 Å². The lowest BCUT2D eigenvalue weighted by molar-refractivity contribution is -0.138. The number of hydrogen-bond donors (Lipinski definition) is 3. The van der Waals surface area contributed by atoms with Gasteiger partial charge >= 0.3 is 6.18 Å². The van der Waals surface area contributed by atoms with Crippen molar-refractivity contribution in [2.24, 2.45) is 0 Å². The van der Waals surface area contributed by atoms with Crippen LogP contribution in [0.5, 0.6) is 0 Å². The van der Waals surface area contributed by atoms with Crippen LogP contribution in [-0.4, -0.2) is 30.9 Å². The second kappa shape index (κ2) is 8.10. The minimum absolute atomic E-state index is 0.00476. The number of carbonyl (C=O) groups is 1. The fraction of sp³-hybridized carbons (Fsp3) is 0.318. The van der Waals surface area contributed by atoms with Crippen molar-refractivity contribution in [3.05, 3.63) is 59.5 Å². The van der Waals surface area contributed by atoms with E-state index in [1.807, 2.05) is 0 Å². The quantitative estimate of drug-likeness (QED) is 0.450. The van der Waals surface area contributed by atoms with Crippen molar-refractivity contribution in [2.75, 3.05) is 29.1 Å². The van der Waals surface area contributed by atoms with E-state index in [0.717, 1.165) is 6.07 Å². The molecule has 2 aliphatic heterocycles. The molecule has 0 saturated carbocycles. The minimum atomic E-state index is -4.62. The average Bonchev–Trinajstić information content (AvgIpc) is 3.23. The van der Waals surface area contributed by atoms with Crippen molar-refractivity contribution in [3.8, 4) is 0 Å². The van der Waals surface area contributed by atoms with E-state index in [2.05, 4.69) is 16.0 Å². The number of rotatable bonds is 5. The predicted molar refractivity (Wildman–Crippen MR) is 111 cm³/mol. The summed E-state index contributed by atoms with van der Waals surface area (Å²) in [4.78, 5) is 12.1. The first-order valence-corrected chi connectivity index (χ1v) is 9.87. The van der Waals surface area contributed by atoms with Crippen molar-refractivity contribution in [2.45, 2.75) is 31.9 Å². The van der Waals surface area contributed by atoms with E-state index in [0.29, 0.717) is 5.69 Å². The zero-order chi connectivity index (χ0) is 23.1. The third kappa shape index (κ3) is 4.56. The molecule has 0 bridgehead atoms. The van der Waals surface area contributed by atoms with Crippen LogP contribution in [0.15, 0.2) is 42.6 Å². The lowest BCUT2D eigenvalue weighted by Gasteiger charge is -2.19. The van der Waals surface area contributed by atoms with E-state index >= 15 is 0 Å². The lowest BCUT2D eigenvalue weighted by atomic mass is 10.1. The molecule has 2 aromatic rings. The van der Waals surface area contributed by atoms with E-state index in [9.17, 15) is 22.4 Å². The predicted octanol–water partition coefficient (Wildman–Crippen LogP) is 4.81. The number of fused-ring (bicyclic) bond motifs is 1. The summed E-state index contributed by atoms with van der Waals surface area (Å²) < 4.78 is 66.1. The van der Waals surface area contributed by atoms with Gasteiger partial charge in [-0.3, -0.25) is 4.79 Å². The number of amides is 1. The minimum Gasteiger partial charge on any atom is -0.382 e. The van der Waals surface area contributed by atoms with Crippen LogP contribution in [-0.2, 0) is 20.4 Å². The molecule has 32 heavy (non-hydrogen) atoms. The Balaban J connectivity index is 1.54. The highest BCUT2D eigenvalue weighted by atomic mass is 19.4. The number of hydrogen-bond acceptors (Lipinski definition) is 5. The number of halogens is 4. The molecule has 1 atom stereocenters. The molecule has 2 aromatic carbocycles. The van der Waals surface area contributed by atoms with Crippen molar-refractivity contribution in [1.29, 1.82) is 0 Å². The summed E-state index contributed by atoms with van der Waals surface area (Å²) in [6, 6.07) is 7.84. The summed E-state index contributed by atoms with van der Waals surface area (Å²) in [5.74, 6) is -1.93. The van der Waals surface area contributed by atoms with Gasteiger partial charge in [-0.2, -0.15) is 13.2 Å². The first-order valence-electron chi connectivity index (χ1n) is 9.87. The zero-order valence-corrected chi connectivity index (χ0v) is 17.3. The van der Waals surface area contributed by atoms with Gasteiger partial charge in [-0.25, -0.2) is 4.39 Å². The topological polar surface area (TPSA) is 71.6 Å². The van der Waals surface area contributed by atoms with Crippen LogP contribution in [0.1, 0.15) is 25.0 Å². The fourth-order valence-electron chi connectivity index (χ4n) is 3.61. The van der Waals surface area contributed by atoms with E-state index in [1.165, 1.54) is 30.5 Å². The maximum atomic E-state index is 14.1. The Morgan fingerprint density at radius 2 is 2.03 bits per heavy atom. The zero-order valence-electron chi connectivity index (χ0n) is 17.3. The van der Waals surface area contributed by atoms with Gasteiger partial charge in [-0.05, 0) is 44.2 Å². The molecule has 10 heteroatoms. The maximum absolute atomic E-state index is 14.1. The molecular formula is C22H21F4N3O3. The third-order valence-electron chi connectivity index (χ3n) is 5.07. The largest absolute Gasteiger partial charge is 0.418 e. The van der Waals surface area contributed by atoms with E-state index < -0.39 is 29.3 Å². The summed E-state index contributed by atoms with van der Waals surface area (Å²) >= 11 is 0. The van der Waals surface area contributed by atoms with Gasteiger partial charge in [0.1, 0.15) is 11.9 Å². The first kappa shape index (κ1) is 22.1. The van der Waals surface area contributed by atoms with Gasteiger partial charge in [0.25, 0.3) is 5.91 Å². The second-order valence-electron chi connectivity index (χ2n) is 7.91. The Hall–Kier alpha value is -3.11. The van der Waals surface area contributed by atoms with E-state index in [4.69, 9.17) is 9.47 Å². The van der Waals surface area contributed by atoms with Crippen LogP contribution in [0.4, 0.5) is 34.6 Å². The van der Waals surface area contributed by atoms with Crippen LogP contribution < -0.4 is 16.0 Å². The molecule has 3 N–H and O–H groups in total. The third-order valence-corrected chi connectivity index (χ3v) is 5.07. The molecular weight excluding hydrogens is 430 g/mol. The highest BCUT2D eigenvalue weighted by Gasteiger charge is 2.36. The number of anilines is 3. The average molecular weight is 451 g/mol. The Morgan fingerprint density at radius 3 is 2.72 bits per heavy atom. The van der Waals surface area contributed by atoms with Crippen molar-refractivity contribution < 1.29 is 31.8 Å². The molecule has 0 aromatic heterocycles. The van der Waals surface area contributed by atoms with Crippen molar-refractivity contribution in [3.63, 3.8) is 0 Å². The van der Waals surface area contributed by atoms with Gasteiger partial charge in [0.2, 0.25) is 0 Å². The van der Waals surface area contributed by atoms with Gasteiger partial charge in [0.15, 0.2) is 5.79 Å². The highest BCUT2D eigenvalue weighted by molar-refractivity contribution is 6.31. The molecule has 6 nitrogen and oxygen atoms in total. The van der Waals surface area contributed by atoms with Crippen molar-refractivity contribution >= 4 is 28.5 Å². The molecule has 0 aliphatic carbocycles. The molecule has 0 spiro atoms. The second-order valence-corrected chi connectivity index (χ2v) is 7.91. The van der Waals surface area contributed by atoms with Crippen LogP contribution in [0, 0.1) is 5.82 Å². The monoisotopic (exact) mass is 451 g/mol.